The zero-order valence-electron chi connectivity index (χ0n) is 9.50. The second kappa shape index (κ2) is 3.80. The van der Waals surface area contributed by atoms with E-state index in [0.717, 1.165) is 0 Å². The molecule has 2 aliphatic rings. The third-order valence-electron chi connectivity index (χ3n) is 4.15. The Morgan fingerprint density at radius 3 is 2.43 bits per heavy atom. The van der Waals surface area contributed by atoms with Crippen molar-refractivity contribution in [3.8, 4) is 0 Å². The van der Waals surface area contributed by atoms with E-state index in [-0.39, 0.29) is 0 Å². The first-order chi connectivity index (χ1) is 6.62. The molecule has 0 amide bonds. The lowest BCUT2D eigenvalue weighted by Gasteiger charge is -2.51. The van der Waals surface area contributed by atoms with E-state index >= 15 is 0 Å². The van der Waals surface area contributed by atoms with Crippen LogP contribution in [0.25, 0.3) is 0 Å². The number of piperazine rings is 1. The van der Waals surface area contributed by atoms with Crippen LogP contribution in [0.1, 0.15) is 25.7 Å². The minimum absolute atomic E-state index is 0.447. The quantitative estimate of drug-likeness (QED) is 0.614. The first kappa shape index (κ1) is 10.4. The van der Waals surface area contributed by atoms with Crippen LogP contribution >= 0.6 is 0 Å². The molecule has 0 aromatic rings. The molecule has 0 aromatic carbocycles. The smallest absolute Gasteiger partial charge is 0.0335 e. The summed E-state index contributed by atoms with van der Waals surface area (Å²) < 4.78 is 0. The van der Waals surface area contributed by atoms with Gasteiger partial charge in [0.15, 0.2) is 0 Å². The SMILES string of the molecule is CN1CCN(C)C2(CCC(N)CC2)C1. The van der Waals surface area contributed by atoms with E-state index in [1.165, 1.54) is 45.3 Å². The normalized spacial score (nSPS) is 41.8. The zero-order chi connectivity index (χ0) is 10.2. The van der Waals surface area contributed by atoms with Gasteiger partial charge in [-0.3, -0.25) is 4.90 Å². The number of hydrogen-bond donors (Lipinski definition) is 1. The molecule has 0 aromatic heterocycles. The monoisotopic (exact) mass is 197 g/mol. The van der Waals surface area contributed by atoms with Gasteiger partial charge in [-0.05, 0) is 39.8 Å². The molecule has 0 atom stereocenters. The highest BCUT2D eigenvalue weighted by molar-refractivity contribution is 4.99. The van der Waals surface area contributed by atoms with Crippen molar-refractivity contribution >= 4 is 0 Å². The molecule has 14 heavy (non-hydrogen) atoms. The van der Waals surface area contributed by atoms with E-state index < -0.39 is 0 Å². The summed E-state index contributed by atoms with van der Waals surface area (Å²) in [5.41, 5.74) is 6.42. The van der Waals surface area contributed by atoms with Crippen molar-refractivity contribution in [1.82, 2.24) is 9.80 Å². The molecule has 1 aliphatic heterocycles. The molecule has 1 saturated carbocycles. The number of likely N-dealkylation sites (N-methyl/N-ethyl adjacent to an activating group) is 2. The third-order valence-corrected chi connectivity index (χ3v) is 4.15. The molecule has 1 spiro atoms. The first-order valence-electron chi connectivity index (χ1n) is 5.78. The van der Waals surface area contributed by atoms with Gasteiger partial charge in [0.05, 0.1) is 0 Å². The molecule has 1 saturated heterocycles. The van der Waals surface area contributed by atoms with Crippen molar-refractivity contribution in [2.75, 3.05) is 33.7 Å². The van der Waals surface area contributed by atoms with Crippen LogP contribution < -0.4 is 5.73 Å². The lowest BCUT2D eigenvalue weighted by Crippen LogP contribution is -2.61. The fourth-order valence-corrected chi connectivity index (χ4v) is 2.98. The Bertz CT molecular complexity index is 197. The average Bonchev–Trinajstić information content (AvgIpc) is 2.17. The summed E-state index contributed by atoms with van der Waals surface area (Å²) in [5, 5.41) is 0. The summed E-state index contributed by atoms with van der Waals surface area (Å²) in [4.78, 5) is 5.04. The van der Waals surface area contributed by atoms with E-state index in [1.807, 2.05) is 0 Å². The second-order valence-corrected chi connectivity index (χ2v) is 5.22. The Hall–Kier alpha value is -0.120. The van der Waals surface area contributed by atoms with Crippen molar-refractivity contribution in [2.45, 2.75) is 37.3 Å². The molecule has 3 heteroatoms. The molecule has 2 fully saturated rings. The Labute approximate surface area is 87.2 Å². The van der Waals surface area contributed by atoms with Crippen molar-refractivity contribution in [1.29, 1.82) is 0 Å². The zero-order valence-corrected chi connectivity index (χ0v) is 9.50. The predicted octanol–water partition coefficient (Wildman–Crippen LogP) is 0.504. The summed E-state index contributed by atoms with van der Waals surface area (Å²) in [5.74, 6) is 0. The van der Waals surface area contributed by atoms with Crippen LogP contribution in [0.3, 0.4) is 0 Å². The number of rotatable bonds is 0. The maximum atomic E-state index is 5.97. The highest BCUT2D eigenvalue weighted by Crippen LogP contribution is 2.34. The predicted molar refractivity (Wildman–Crippen MR) is 59.3 cm³/mol. The van der Waals surface area contributed by atoms with Crippen molar-refractivity contribution < 1.29 is 0 Å². The molecule has 2 rings (SSSR count). The van der Waals surface area contributed by atoms with E-state index in [9.17, 15) is 0 Å². The van der Waals surface area contributed by atoms with Crippen LogP contribution in [0.4, 0.5) is 0 Å². The van der Waals surface area contributed by atoms with E-state index in [0.29, 0.717) is 11.6 Å². The Kier molecular flexibility index (Phi) is 2.82. The standard InChI is InChI=1S/C11H23N3/c1-13-7-8-14(2)11(9-13)5-3-10(12)4-6-11/h10H,3-9,12H2,1-2H3. The second-order valence-electron chi connectivity index (χ2n) is 5.22. The lowest BCUT2D eigenvalue weighted by molar-refractivity contribution is -0.00267. The Morgan fingerprint density at radius 2 is 1.79 bits per heavy atom. The van der Waals surface area contributed by atoms with Crippen LogP contribution in [0, 0.1) is 0 Å². The van der Waals surface area contributed by atoms with Gasteiger partial charge in [-0.1, -0.05) is 0 Å². The molecule has 1 heterocycles. The highest BCUT2D eigenvalue weighted by Gasteiger charge is 2.40. The molecule has 82 valence electrons. The average molecular weight is 197 g/mol. The fraction of sp³-hybridized carbons (Fsp3) is 1.00. The summed E-state index contributed by atoms with van der Waals surface area (Å²) in [6.07, 6.45) is 4.99. The van der Waals surface area contributed by atoms with Crippen LogP contribution in [0.5, 0.6) is 0 Å². The molecule has 0 unspecified atom stereocenters. The number of nitrogens with zero attached hydrogens (tertiary/aromatic N) is 2. The topological polar surface area (TPSA) is 32.5 Å². The van der Waals surface area contributed by atoms with Crippen LogP contribution in [-0.4, -0.2) is 55.1 Å². The molecular weight excluding hydrogens is 174 g/mol. The van der Waals surface area contributed by atoms with Crippen molar-refractivity contribution in [3.63, 3.8) is 0 Å². The molecular formula is C11H23N3. The third kappa shape index (κ3) is 1.81. The van der Waals surface area contributed by atoms with Crippen LogP contribution in [0.2, 0.25) is 0 Å². The maximum Gasteiger partial charge on any atom is 0.0335 e. The number of nitrogens with two attached hydrogens (primary N) is 1. The Balaban J connectivity index is 2.05. The fourth-order valence-electron chi connectivity index (χ4n) is 2.98. The maximum absolute atomic E-state index is 5.97. The molecule has 0 radical (unpaired) electrons. The van der Waals surface area contributed by atoms with Crippen LogP contribution in [0.15, 0.2) is 0 Å². The number of hydrogen-bond acceptors (Lipinski definition) is 3. The van der Waals surface area contributed by atoms with Gasteiger partial charge in [-0.15, -0.1) is 0 Å². The largest absolute Gasteiger partial charge is 0.328 e. The van der Waals surface area contributed by atoms with Gasteiger partial charge in [0.2, 0.25) is 0 Å². The first-order valence-corrected chi connectivity index (χ1v) is 5.78. The van der Waals surface area contributed by atoms with Gasteiger partial charge in [0, 0.05) is 31.2 Å². The van der Waals surface area contributed by atoms with E-state index in [2.05, 4.69) is 23.9 Å². The minimum Gasteiger partial charge on any atom is -0.328 e. The van der Waals surface area contributed by atoms with E-state index in [1.54, 1.807) is 0 Å². The summed E-state index contributed by atoms with van der Waals surface area (Å²) in [7, 11) is 4.52. The molecule has 3 nitrogen and oxygen atoms in total. The van der Waals surface area contributed by atoms with Crippen LogP contribution in [-0.2, 0) is 0 Å². The van der Waals surface area contributed by atoms with Crippen molar-refractivity contribution in [3.05, 3.63) is 0 Å². The summed E-state index contributed by atoms with van der Waals surface area (Å²) in [6, 6.07) is 0.459. The highest BCUT2D eigenvalue weighted by atomic mass is 15.3. The molecule has 1 aliphatic carbocycles. The van der Waals surface area contributed by atoms with Gasteiger partial charge in [0.1, 0.15) is 0 Å². The summed E-state index contributed by atoms with van der Waals surface area (Å²) in [6.45, 7) is 3.66. The van der Waals surface area contributed by atoms with Gasteiger partial charge < -0.3 is 10.6 Å². The lowest BCUT2D eigenvalue weighted by atomic mass is 9.77. The van der Waals surface area contributed by atoms with Gasteiger partial charge >= 0.3 is 0 Å². The summed E-state index contributed by atoms with van der Waals surface area (Å²) >= 11 is 0. The van der Waals surface area contributed by atoms with E-state index in [4.69, 9.17) is 5.73 Å². The van der Waals surface area contributed by atoms with Gasteiger partial charge in [-0.25, -0.2) is 0 Å². The Morgan fingerprint density at radius 1 is 1.14 bits per heavy atom. The van der Waals surface area contributed by atoms with Gasteiger partial charge in [-0.2, -0.15) is 0 Å². The molecule has 2 N–H and O–H groups in total. The molecule has 0 bridgehead atoms. The minimum atomic E-state index is 0.447. The van der Waals surface area contributed by atoms with Crippen molar-refractivity contribution in [2.24, 2.45) is 5.73 Å². The van der Waals surface area contributed by atoms with Gasteiger partial charge in [0.25, 0.3) is 0 Å².